The second-order valence-corrected chi connectivity index (χ2v) is 8.03. The van der Waals surface area contributed by atoms with E-state index in [9.17, 15) is 18.0 Å². The van der Waals surface area contributed by atoms with Gasteiger partial charge in [-0.25, -0.2) is 8.42 Å². The van der Waals surface area contributed by atoms with Gasteiger partial charge in [0.05, 0.1) is 4.90 Å². The van der Waals surface area contributed by atoms with Crippen molar-refractivity contribution in [3.8, 4) is 0 Å². The molecule has 0 atom stereocenters. The number of carbonyl (C=O) groups is 2. The van der Waals surface area contributed by atoms with Crippen LogP contribution >= 0.6 is 0 Å². The van der Waals surface area contributed by atoms with Gasteiger partial charge in [0.1, 0.15) is 0 Å². The normalized spacial score (nSPS) is 10.9. The first-order chi connectivity index (χ1) is 13.3. The van der Waals surface area contributed by atoms with Crippen LogP contribution in [0, 0.1) is 6.92 Å². The third-order valence-corrected chi connectivity index (χ3v) is 5.34. The summed E-state index contributed by atoms with van der Waals surface area (Å²) in [5, 5.41) is 5.37. The zero-order valence-corrected chi connectivity index (χ0v) is 16.8. The van der Waals surface area contributed by atoms with Crippen molar-refractivity contribution in [1.29, 1.82) is 0 Å². The van der Waals surface area contributed by atoms with Crippen LogP contribution in [0.5, 0.6) is 0 Å². The molecule has 0 saturated carbocycles. The molecule has 0 saturated heterocycles. The zero-order valence-electron chi connectivity index (χ0n) is 16.0. The highest BCUT2D eigenvalue weighted by molar-refractivity contribution is 7.92. The van der Waals surface area contributed by atoms with Gasteiger partial charge >= 0.3 is 0 Å². The van der Waals surface area contributed by atoms with Crippen LogP contribution in [-0.4, -0.2) is 33.3 Å². The van der Waals surface area contributed by atoms with Crippen LogP contribution in [0.2, 0.25) is 0 Å². The summed E-state index contributed by atoms with van der Waals surface area (Å²) in [5.41, 5.74) is 1.82. The maximum atomic E-state index is 12.4. The van der Waals surface area contributed by atoms with Gasteiger partial charge in [-0.05, 0) is 49.7 Å². The molecule has 7 nitrogen and oxygen atoms in total. The van der Waals surface area contributed by atoms with Crippen LogP contribution in [0.4, 0.5) is 5.69 Å². The summed E-state index contributed by atoms with van der Waals surface area (Å²) < 4.78 is 27.4. The zero-order chi connectivity index (χ0) is 20.6. The average molecular weight is 404 g/mol. The molecule has 0 unspecified atom stereocenters. The quantitative estimate of drug-likeness (QED) is 0.598. The molecule has 8 heteroatoms. The Balaban J connectivity index is 1.93. The Kier molecular flexibility index (Phi) is 7.57. The van der Waals surface area contributed by atoms with E-state index < -0.39 is 10.0 Å². The first-order valence-electron chi connectivity index (χ1n) is 9.06. The van der Waals surface area contributed by atoms with Gasteiger partial charge < -0.3 is 10.6 Å². The molecule has 150 valence electrons. The summed E-state index contributed by atoms with van der Waals surface area (Å²) in [6.07, 6.45) is 1.05. The summed E-state index contributed by atoms with van der Waals surface area (Å²) in [4.78, 5) is 23.7. The smallest absolute Gasteiger partial charge is 0.261 e. The first-order valence-corrected chi connectivity index (χ1v) is 10.5. The molecule has 28 heavy (non-hydrogen) atoms. The number of aryl methyl sites for hydroxylation is 1. The van der Waals surface area contributed by atoms with Gasteiger partial charge in [0.25, 0.3) is 15.9 Å². The Labute approximate surface area is 165 Å². The molecule has 3 N–H and O–H groups in total. The van der Waals surface area contributed by atoms with E-state index >= 15 is 0 Å². The lowest BCUT2D eigenvalue weighted by Crippen LogP contribution is -2.31. The fourth-order valence-electron chi connectivity index (χ4n) is 2.37. The standard InChI is InChI=1S/C20H25N3O4S/c1-3-13-21-19(24)12-14-22-20(25)16-6-10-18(11-7-16)28(26,27)23-17-8-4-15(2)5-9-17/h4-11,23H,3,12-14H2,1-2H3,(H,21,24)(H,22,25). The van der Waals surface area contributed by atoms with Gasteiger partial charge in [0.2, 0.25) is 5.91 Å². The highest BCUT2D eigenvalue weighted by Gasteiger charge is 2.15. The van der Waals surface area contributed by atoms with Crippen molar-refractivity contribution in [3.63, 3.8) is 0 Å². The number of hydrogen-bond acceptors (Lipinski definition) is 4. The summed E-state index contributed by atoms with van der Waals surface area (Å²) in [6.45, 7) is 4.70. The van der Waals surface area contributed by atoms with Crippen molar-refractivity contribution in [2.24, 2.45) is 0 Å². The van der Waals surface area contributed by atoms with Crippen molar-refractivity contribution in [2.75, 3.05) is 17.8 Å². The number of carbonyl (C=O) groups excluding carboxylic acids is 2. The Bertz CT molecular complexity index is 907. The molecule has 0 bridgehead atoms. The predicted octanol–water partition coefficient (Wildman–Crippen LogP) is 2.44. The second-order valence-electron chi connectivity index (χ2n) is 6.35. The highest BCUT2D eigenvalue weighted by atomic mass is 32.2. The monoisotopic (exact) mass is 403 g/mol. The van der Waals surface area contributed by atoms with Crippen molar-refractivity contribution in [2.45, 2.75) is 31.6 Å². The van der Waals surface area contributed by atoms with Gasteiger partial charge in [0, 0.05) is 30.8 Å². The molecule has 0 radical (unpaired) electrons. The number of sulfonamides is 1. The SMILES string of the molecule is CCCNC(=O)CCNC(=O)c1ccc(S(=O)(=O)Nc2ccc(C)cc2)cc1. The van der Waals surface area contributed by atoms with Crippen molar-refractivity contribution in [1.82, 2.24) is 10.6 Å². The highest BCUT2D eigenvalue weighted by Crippen LogP contribution is 2.17. The van der Waals surface area contributed by atoms with E-state index in [0.717, 1.165) is 12.0 Å². The fourth-order valence-corrected chi connectivity index (χ4v) is 3.42. The number of benzene rings is 2. The van der Waals surface area contributed by atoms with E-state index in [4.69, 9.17) is 0 Å². The van der Waals surface area contributed by atoms with Crippen LogP contribution < -0.4 is 15.4 Å². The van der Waals surface area contributed by atoms with E-state index in [-0.39, 0.29) is 29.7 Å². The Morgan fingerprint density at radius 3 is 2.14 bits per heavy atom. The Morgan fingerprint density at radius 2 is 1.54 bits per heavy atom. The van der Waals surface area contributed by atoms with Crippen LogP contribution in [-0.2, 0) is 14.8 Å². The van der Waals surface area contributed by atoms with Crippen LogP contribution in [0.15, 0.2) is 53.4 Å². The van der Waals surface area contributed by atoms with Crippen molar-refractivity contribution < 1.29 is 18.0 Å². The molecule has 2 aromatic carbocycles. The van der Waals surface area contributed by atoms with Gasteiger partial charge in [-0.3, -0.25) is 14.3 Å². The number of hydrogen-bond donors (Lipinski definition) is 3. The minimum Gasteiger partial charge on any atom is -0.356 e. The number of rotatable bonds is 9. The van der Waals surface area contributed by atoms with Crippen molar-refractivity contribution in [3.05, 3.63) is 59.7 Å². The van der Waals surface area contributed by atoms with Gasteiger partial charge in [-0.2, -0.15) is 0 Å². The summed E-state index contributed by atoms with van der Waals surface area (Å²) in [7, 11) is -3.74. The molecule has 0 fully saturated rings. The molecule has 0 aliphatic heterocycles. The molecule has 2 rings (SSSR count). The molecular formula is C20H25N3O4S. The first kappa shape index (κ1) is 21.4. The van der Waals surface area contributed by atoms with E-state index in [1.807, 2.05) is 26.0 Å². The average Bonchev–Trinajstić information content (AvgIpc) is 2.68. The molecule has 0 spiro atoms. The lowest BCUT2D eigenvalue weighted by Gasteiger charge is -2.09. The van der Waals surface area contributed by atoms with Gasteiger partial charge in [0.15, 0.2) is 0 Å². The van der Waals surface area contributed by atoms with Crippen LogP contribution in [0.1, 0.15) is 35.7 Å². The van der Waals surface area contributed by atoms with E-state index in [1.54, 1.807) is 12.1 Å². The third-order valence-electron chi connectivity index (χ3n) is 3.94. The largest absolute Gasteiger partial charge is 0.356 e. The molecule has 0 heterocycles. The summed E-state index contributed by atoms with van der Waals surface area (Å²) in [5.74, 6) is -0.482. The van der Waals surface area contributed by atoms with Crippen LogP contribution in [0.25, 0.3) is 0 Å². The molecular weight excluding hydrogens is 378 g/mol. The second kappa shape index (κ2) is 9.89. The van der Waals surface area contributed by atoms with Gasteiger partial charge in [-0.1, -0.05) is 24.6 Å². The van der Waals surface area contributed by atoms with Crippen molar-refractivity contribution >= 4 is 27.5 Å². The number of anilines is 1. The molecule has 0 aliphatic carbocycles. The predicted molar refractivity (Wildman–Crippen MR) is 109 cm³/mol. The number of nitrogens with one attached hydrogen (secondary N) is 3. The third kappa shape index (κ3) is 6.38. The minimum absolute atomic E-state index is 0.0589. The van der Waals surface area contributed by atoms with Crippen LogP contribution in [0.3, 0.4) is 0 Å². The Morgan fingerprint density at radius 1 is 0.893 bits per heavy atom. The fraction of sp³-hybridized carbons (Fsp3) is 0.300. The summed E-state index contributed by atoms with van der Waals surface area (Å²) in [6, 6.07) is 12.6. The maximum Gasteiger partial charge on any atom is 0.261 e. The molecule has 2 aromatic rings. The van der Waals surface area contributed by atoms with Gasteiger partial charge in [-0.15, -0.1) is 0 Å². The van der Waals surface area contributed by atoms with E-state index in [1.165, 1.54) is 24.3 Å². The molecule has 2 amide bonds. The van der Waals surface area contributed by atoms with E-state index in [0.29, 0.717) is 17.8 Å². The number of amides is 2. The topological polar surface area (TPSA) is 104 Å². The lowest BCUT2D eigenvalue weighted by atomic mass is 10.2. The minimum atomic E-state index is -3.74. The summed E-state index contributed by atoms with van der Waals surface area (Å²) >= 11 is 0. The maximum absolute atomic E-state index is 12.4. The van der Waals surface area contributed by atoms with E-state index in [2.05, 4.69) is 15.4 Å². The molecule has 0 aromatic heterocycles. The molecule has 0 aliphatic rings. The Hall–Kier alpha value is -2.87. The lowest BCUT2D eigenvalue weighted by molar-refractivity contribution is -0.120.